The lowest BCUT2D eigenvalue weighted by Gasteiger charge is -2.33. The summed E-state index contributed by atoms with van der Waals surface area (Å²) in [5.74, 6) is 1.33. The van der Waals surface area contributed by atoms with E-state index >= 15 is 0 Å². The predicted molar refractivity (Wildman–Crippen MR) is 126 cm³/mol. The van der Waals surface area contributed by atoms with Crippen molar-refractivity contribution in [2.45, 2.75) is 45.4 Å². The number of nitrogens with zero attached hydrogens (tertiary/aromatic N) is 2. The third-order valence-electron chi connectivity index (χ3n) is 6.56. The summed E-state index contributed by atoms with van der Waals surface area (Å²) in [6.07, 6.45) is 5.89. The van der Waals surface area contributed by atoms with E-state index < -0.39 is 0 Å². The van der Waals surface area contributed by atoms with Crippen LogP contribution in [0.15, 0.2) is 48.5 Å². The highest BCUT2D eigenvalue weighted by atomic mass is 16.5. The molecule has 1 atom stereocenters. The molecule has 2 aliphatic heterocycles. The molecule has 2 aliphatic rings. The fraction of sp³-hybridized carbons (Fsp3) is 0.481. The van der Waals surface area contributed by atoms with E-state index in [-0.39, 0.29) is 11.8 Å². The lowest BCUT2D eigenvalue weighted by Crippen LogP contribution is -2.42. The van der Waals surface area contributed by atoms with Gasteiger partial charge in [-0.3, -0.25) is 9.59 Å². The molecule has 2 fully saturated rings. The summed E-state index contributed by atoms with van der Waals surface area (Å²) >= 11 is 0. The molecule has 5 heteroatoms. The number of benzene rings is 2. The van der Waals surface area contributed by atoms with Crippen LogP contribution < -0.4 is 4.74 Å². The van der Waals surface area contributed by atoms with Crippen LogP contribution in [0.5, 0.6) is 5.75 Å². The van der Waals surface area contributed by atoms with E-state index in [4.69, 9.17) is 4.74 Å². The number of hydrogen-bond donors (Lipinski definition) is 0. The summed E-state index contributed by atoms with van der Waals surface area (Å²) in [4.78, 5) is 29.5. The van der Waals surface area contributed by atoms with E-state index in [0.29, 0.717) is 24.5 Å². The quantitative estimate of drug-likeness (QED) is 0.674. The first kappa shape index (κ1) is 22.4. The minimum Gasteiger partial charge on any atom is -0.493 e. The molecule has 2 heterocycles. The predicted octanol–water partition coefficient (Wildman–Crippen LogP) is 4.48. The summed E-state index contributed by atoms with van der Waals surface area (Å²) in [5.41, 5.74) is 2.97. The number of hydrogen-bond acceptors (Lipinski definition) is 3. The molecule has 0 bridgehead atoms. The zero-order valence-electron chi connectivity index (χ0n) is 19.1. The second-order valence-corrected chi connectivity index (χ2v) is 9.20. The summed E-state index contributed by atoms with van der Waals surface area (Å²) in [5, 5.41) is 0. The average Bonchev–Trinajstić information content (AvgIpc) is 2.84. The van der Waals surface area contributed by atoms with Gasteiger partial charge in [0.05, 0.1) is 13.0 Å². The monoisotopic (exact) mass is 434 g/mol. The van der Waals surface area contributed by atoms with Crippen molar-refractivity contribution in [1.82, 2.24) is 9.80 Å². The van der Waals surface area contributed by atoms with Crippen molar-refractivity contribution in [2.75, 3.05) is 32.8 Å². The molecule has 2 saturated heterocycles. The Balaban J connectivity index is 1.29. The lowest BCUT2D eigenvalue weighted by molar-refractivity contribution is -0.132. The molecule has 4 rings (SSSR count). The van der Waals surface area contributed by atoms with Gasteiger partial charge in [-0.1, -0.05) is 35.9 Å². The van der Waals surface area contributed by atoms with Crippen LogP contribution >= 0.6 is 0 Å². The highest BCUT2D eigenvalue weighted by molar-refractivity contribution is 5.94. The number of carbonyl (C=O) groups is 2. The Hall–Kier alpha value is -2.82. The molecule has 0 radical (unpaired) electrons. The van der Waals surface area contributed by atoms with Gasteiger partial charge in [-0.15, -0.1) is 0 Å². The Morgan fingerprint density at radius 2 is 1.69 bits per heavy atom. The van der Waals surface area contributed by atoms with Gasteiger partial charge in [-0.05, 0) is 62.8 Å². The topological polar surface area (TPSA) is 49.9 Å². The van der Waals surface area contributed by atoms with E-state index in [9.17, 15) is 9.59 Å². The molecule has 2 amide bonds. The van der Waals surface area contributed by atoms with Gasteiger partial charge in [0.2, 0.25) is 5.91 Å². The molecule has 2 aromatic rings. The van der Waals surface area contributed by atoms with Crippen molar-refractivity contribution in [3.8, 4) is 5.75 Å². The van der Waals surface area contributed by atoms with Crippen molar-refractivity contribution < 1.29 is 14.3 Å². The van der Waals surface area contributed by atoms with Crippen LogP contribution in [0.25, 0.3) is 0 Å². The lowest BCUT2D eigenvalue weighted by atomic mass is 9.98. The van der Waals surface area contributed by atoms with E-state index in [1.54, 1.807) is 0 Å². The van der Waals surface area contributed by atoms with Crippen LogP contribution in [0.3, 0.4) is 0 Å². The largest absolute Gasteiger partial charge is 0.493 e. The second kappa shape index (κ2) is 10.7. The first-order valence-corrected chi connectivity index (χ1v) is 11.9. The molecule has 170 valence electrons. The first-order valence-electron chi connectivity index (χ1n) is 11.9. The Morgan fingerprint density at radius 3 is 2.47 bits per heavy atom. The Bertz CT molecular complexity index is 919. The fourth-order valence-electron chi connectivity index (χ4n) is 4.63. The van der Waals surface area contributed by atoms with Crippen LogP contribution in [0.2, 0.25) is 0 Å². The zero-order chi connectivity index (χ0) is 22.3. The van der Waals surface area contributed by atoms with Gasteiger partial charge in [-0.2, -0.15) is 0 Å². The maximum Gasteiger partial charge on any atom is 0.253 e. The average molecular weight is 435 g/mol. The first-order chi connectivity index (χ1) is 15.6. The molecule has 0 spiro atoms. The van der Waals surface area contributed by atoms with Crippen LogP contribution in [0.1, 0.15) is 53.6 Å². The Labute approximate surface area is 191 Å². The SMILES string of the molecule is Cc1ccc(CC(=O)N2CCC[C@@H](COc3cccc(C(=O)N4CCCCC4)c3)C2)cc1. The molecular weight excluding hydrogens is 400 g/mol. The molecule has 0 N–H and O–H groups in total. The van der Waals surface area contributed by atoms with Gasteiger partial charge in [0.15, 0.2) is 0 Å². The summed E-state index contributed by atoms with van der Waals surface area (Å²) < 4.78 is 6.07. The summed E-state index contributed by atoms with van der Waals surface area (Å²) in [6, 6.07) is 15.7. The zero-order valence-corrected chi connectivity index (χ0v) is 19.1. The maximum absolute atomic E-state index is 12.8. The van der Waals surface area contributed by atoms with E-state index in [1.165, 1.54) is 12.0 Å². The molecule has 32 heavy (non-hydrogen) atoms. The standard InChI is InChI=1S/C27H34N2O3/c1-21-10-12-22(13-11-21)17-26(30)29-16-6-7-23(19-29)20-32-25-9-5-8-24(18-25)27(31)28-14-3-2-4-15-28/h5,8-13,18,23H,2-4,6-7,14-17,19-20H2,1H3/t23-/m1/s1. The van der Waals surface area contributed by atoms with Gasteiger partial charge in [0.1, 0.15) is 5.75 Å². The van der Waals surface area contributed by atoms with Gasteiger partial charge < -0.3 is 14.5 Å². The third-order valence-corrected chi connectivity index (χ3v) is 6.56. The number of piperidine rings is 2. The van der Waals surface area contributed by atoms with Crippen molar-refractivity contribution >= 4 is 11.8 Å². The van der Waals surface area contributed by atoms with Crippen molar-refractivity contribution in [3.63, 3.8) is 0 Å². The van der Waals surface area contributed by atoms with Crippen LogP contribution in [0, 0.1) is 12.8 Å². The molecule has 0 aromatic heterocycles. The van der Waals surface area contributed by atoms with Gasteiger partial charge in [0.25, 0.3) is 5.91 Å². The van der Waals surface area contributed by atoms with Crippen LogP contribution in [-0.2, 0) is 11.2 Å². The number of rotatable bonds is 6. The fourth-order valence-corrected chi connectivity index (χ4v) is 4.63. The minimum atomic E-state index is 0.0979. The number of amides is 2. The van der Waals surface area contributed by atoms with Crippen molar-refractivity contribution in [2.24, 2.45) is 5.92 Å². The summed E-state index contributed by atoms with van der Waals surface area (Å²) in [7, 11) is 0. The molecule has 2 aromatic carbocycles. The minimum absolute atomic E-state index is 0.0979. The Morgan fingerprint density at radius 1 is 0.938 bits per heavy atom. The highest BCUT2D eigenvalue weighted by Crippen LogP contribution is 2.22. The maximum atomic E-state index is 12.8. The highest BCUT2D eigenvalue weighted by Gasteiger charge is 2.24. The number of likely N-dealkylation sites (tertiary alicyclic amines) is 2. The molecule has 5 nitrogen and oxygen atoms in total. The Kier molecular flexibility index (Phi) is 7.46. The number of ether oxygens (including phenoxy) is 1. The van der Waals surface area contributed by atoms with Crippen LogP contribution in [0.4, 0.5) is 0 Å². The summed E-state index contributed by atoms with van der Waals surface area (Å²) in [6.45, 7) is 5.87. The number of carbonyl (C=O) groups excluding carboxylic acids is 2. The second-order valence-electron chi connectivity index (χ2n) is 9.20. The molecular formula is C27H34N2O3. The van der Waals surface area contributed by atoms with E-state index in [0.717, 1.165) is 63.2 Å². The molecule has 0 aliphatic carbocycles. The normalized spacial score (nSPS) is 19.0. The number of aryl methyl sites for hydroxylation is 1. The third kappa shape index (κ3) is 5.90. The van der Waals surface area contributed by atoms with E-state index in [2.05, 4.69) is 19.1 Å². The van der Waals surface area contributed by atoms with Crippen molar-refractivity contribution in [3.05, 3.63) is 65.2 Å². The van der Waals surface area contributed by atoms with E-state index in [1.807, 2.05) is 46.2 Å². The van der Waals surface area contributed by atoms with Gasteiger partial charge in [-0.25, -0.2) is 0 Å². The molecule has 0 unspecified atom stereocenters. The van der Waals surface area contributed by atoms with Gasteiger partial charge >= 0.3 is 0 Å². The van der Waals surface area contributed by atoms with Crippen molar-refractivity contribution in [1.29, 1.82) is 0 Å². The van der Waals surface area contributed by atoms with Gasteiger partial charge in [0, 0.05) is 37.7 Å². The smallest absolute Gasteiger partial charge is 0.253 e. The van der Waals surface area contributed by atoms with Crippen LogP contribution in [-0.4, -0.2) is 54.4 Å². The molecule has 0 saturated carbocycles.